The molecule has 0 aromatic rings. The summed E-state index contributed by atoms with van der Waals surface area (Å²) in [7, 11) is 0. The highest BCUT2D eigenvalue weighted by Gasteiger charge is 2.19. The van der Waals surface area contributed by atoms with Crippen LogP contribution >= 0.6 is 11.6 Å². The van der Waals surface area contributed by atoms with E-state index in [2.05, 4.69) is 6.58 Å². The summed E-state index contributed by atoms with van der Waals surface area (Å²) in [5.41, 5.74) is 0. The molecule has 1 saturated carbocycles. The van der Waals surface area contributed by atoms with Crippen molar-refractivity contribution < 1.29 is 0 Å². The van der Waals surface area contributed by atoms with Crippen LogP contribution in [-0.4, -0.2) is 5.38 Å². The van der Waals surface area contributed by atoms with Gasteiger partial charge in [-0.15, -0.1) is 18.2 Å². The Kier molecular flexibility index (Phi) is 3.99. The van der Waals surface area contributed by atoms with E-state index in [1.54, 1.807) is 0 Å². The normalized spacial score (nSPS) is 32.8. The number of rotatable bonds is 2. The molecule has 0 bridgehead atoms. The van der Waals surface area contributed by atoms with Gasteiger partial charge in [0.05, 0.1) is 0 Å². The third kappa shape index (κ3) is 2.86. The summed E-state index contributed by atoms with van der Waals surface area (Å²) in [6.07, 6.45) is 9.68. The quantitative estimate of drug-likeness (QED) is 0.338. The van der Waals surface area contributed by atoms with Crippen LogP contribution in [0.25, 0.3) is 0 Å². The summed E-state index contributed by atoms with van der Waals surface area (Å²) >= 11 is 6.22. The van der Waals surface area contributed by atoms with Gasteiger partial charge in [-0.3, -0.25) is 0 Å². The van der Waals surface area contributed by atoms with Gasteiger partial charge in [0.1, 0.15) is 0 Å². The maximum absolute atomic E-state index is 6.22. The van der Waals surface area contributed by atoms with E-state index in [0.717, 1.165) is 6.42 Å². The molecule has 0 radical (unpaired) electrons. The lowest BCUT2D eigenvalue weighted by Crippen LogP contribution is -2.11. The maximum Gasteiger partial charge on any atom is 0.0367 e. The van der Waals surface area contributed by atoms with Crippen LogP contribution in [0, 0.1) is 5.92 Å². The molecule has 0 N–H and O–H groups in total. The molecule has 0 aromatic carbocycles. The molecular formula is C10H17Cl. The molecule has 0 amide bonds. The Labute approximate surface area is 74.6 Å². The first-order valence-electron chi connectivity index (χ1n) is 4.59. The van der Waals surface area contributed by atoms with E-state index in [1.165, 1.54) is 32.1 Å². The molecule has 1 fully saturated rings. The van der Waals surface area contributed by atoms with Crippen LogP contribution < -0.4 is 0 Å². The number of halogens is 1. The average molecular weight is 173 g/mol. The third-order valence-corrected chi connectivity index (χ3v) is 3.11. The van der Waals surface area contributed by atoms with E-state index in [0.29, 0.717) is 11.3 Å². The van der Waals surface area contributed by atoms with Crippen molar-refractivity contribution in [2.24, 2.45) is 5.92 Å². The third-order valence-electron chi connectivity index (χ3n) is 2.54. The molecule has 0 heterocycles. The van der Waals surface area contributed by atoms with Crippen LogP contribution in [-0.2, 0) is 0 Å². The Balaban J connectivity index is 2.38. The van der Waals surface area contributed by atoms with E-state index in [4.69, 9.17) is 11.6 Å². The Morgan fingerprint density at radius 2 is 2.00 bits per heavy atom. The molecule has 0 spiro atoms. The van der Waals surface area contributed by atoms with Crippen molar-refractivity contribution in [2.45, 2.75) is 43.9 Å². The fourth-order valence-corrected chi connectivity index (χ4v) is 2.20. The maximum atomic E-state index is 6.22. The Hall–Kier alpha value is 0.0300. The van der Waals surface area contributed by atoms with Crippen molar-refractivity contribution in [3.8, 4) is 0 Å². The summed E-state index contributed by atoms with van der Waals surface area (Å²) in [5, 5.41) is 0.412. The molecule has 0 nitrogen and oxygen atoms in total. The topological polar surface area (TPSA) is 0 Å². The second kappa shape index (κ2) is 4.82. The summed E-state index contributed by atoms with van der Waals surface area (Å²) in [5.74, 6) is 0.705. The molecule has 64 valence electrons. The standard InChI is InChI=1S/C10H17Cl/c1-2-6-9-7-4-3-5-8-10(9)11/h2,9-10H,1,3-8H2. The van der Waals surface area contributed by atoms with Crippen molar-refractivity contribution >= 4 is 11.6 Å². The summed E-state index contributed by atoms with van der Waals surface area (Å²) in [6, 6.07) is 0. The fourth-order valence-electron chi connectivity index (χ4n) is 1.82. The molecular weight excluding hydrogens is 156 g/mol. The predicted octanol–water partition coefficient (Wildman–Crippen LogP) is 3.75. The predicted molar refractivity (Wildman–Crippen MR) is 51.0 cm³/mol. The van der Waals surface area contributed by atoms with Crippen LogP contribution in [0.4, 0.5) is 0 Å². The van der Waals surface area contributed by atoms with Gasteiger partial charge < -0.3 is 0 Å². The highest BCUT2D eigenvalue weighted by Crippen LogP contribution is 2.29. The van der Waals surface area contributed by atoms with Gasteiger partial charge in [-0.25, -0.2) is 0 Å². The van der Waals surface area contributed by atoms with Crippen molar-refractivity contribution in [2.75, 3.05) is 0 Å². The number of hydrogen-bond acceptors (Lipinski definition) is 0. The SMILES string of the molecule is C=CCC1CCCCCC1Cl. The van der Waals surface area contributed by atoms with Gasteiger partial charge in [-0.1, -0.05) is 25.3 Å². The van der Waals surface area contributed by atoms with Gasteiger partial charge >= 0.3 is 0 Å². The fraction of sp³-hybridized carbons (Fsp3) is 0.800. The van der Waals surface area contributed by atoms with Crippen molar-refractivity contribution in [3.05, 3.63) is 12.7 Å². The summed E-state index contributed by atoms with van der Waals surface area (Å²) in [4.78, 5) is 0. The minimum atomic E-state index is 0.412. The van der Waals surface area contributed by atoms with Crippen molar-refractivity contribution in [1.29, 1.82) is 0 Å². The second-order valence-corrected chi connectivity index (χ2v) is 4.00. The molecule has 11 heavy (non-hydrogen) atoms. The van der Waals surface area contributed by atoms with E-state index >= 15 is 0 Å². The molecule has 0 aromatic heterocycles. The van der Waals surface area contributed by atoms with Gasteiger partial charge in [0, 0.05) is 5.38 Å². The van der Waals surface area contributed by atoms with Crippen LogP contribution in [0.2, 0.25) is 0 Å². The van der Waals surface area contributed by atoms with E-state index < -0.39 is 0 Å². The van der Waals surface area contributed by atoms with Crippen LogP contribution in [0.5, 0.6) is 0 Å². The molecule has 0 saturated heterocycles. The van der Waals surface area contributed by atoms with E-state index in [1.807, 2.05) is 6.08 Å². The zero-order valence-corrected chi connectivity index (χ0v) is 7.82. The number of hydrogen-bond donors (Lipinski definition) is 0. The van der Waals surface area contributed by atoms with Gasteiger partial charge in [-0.05, 0) is 25.2 Å². The lowest BCUT2D eigenvalue weighted by molar-refractivity contribution is 0.473. The second-order valence-electron chi connectivity index (χ2n) is 3.44. The van der Waals surface area contributed by atoms with Gasteiger partial charge in [0.25, 0.3) is 0 Å². The van der Waals surface area contributed by atoms with E-state index in [9.17, 15) is 0 Å². The van der Waals surface area contributed by atoms with E-state index in [-0.39, 0.29) is 0 Å². The zero-order valence-electron chi connectivity index (χ0n) is 7.06. The highest BCUT2D eigenvalue weighted by atomic mass is 35.5. The van der Waals surface area contributed by atoms with Crippen molar-refractivity contribution in [1.82, 2.24) is 0 Å². The highest BCUT2D eigenvalue weighted by molar-refractivity contribution is 6.20. The lowest BCUT2D eigenvalue weighted by atomic mass is 9.96. The molecule has 1 aliphatic rings. The Morgan fingerprint density at radius 1 is 1.27 bits per heavy atom. The molecule has 2 atom stereocenters. The molecule has 1 rings (SSSR count). The molecule has 1 aliphatic carbocycles. The minimum absolute atomic E-state index is 0.412. The van der Waals surface area contributed by atoms with Crippen LogP contribution in [0.15, 0.2) is 12.7 Å². The average Bonchev–Trinajstić information content (AvgIpc) is 2.18. The largest absolute Gasteiger partial charge is 0.123 e. The monoisotopic (exact) mass is 172 g/mol. The van der Waals surface area contributed by atoms with Crippen LogP contribution in [0.3, 0.4) is 0 Å². The van der Waals surface area contributed by atoms with Gasteiger partial charge in [0.15, 0.2) is 0 Å². The number of alkyl halides is 1. The molecule has 2 unspecified atom stereocenters. The minimum Gasteiger partial charge on any atom is -0.123 e. The molecule has 1 heteroatoms. The number of allylic oxidation sites excluding steroid dienone is 1. The van der Waals surface area contributed by atoms with Gasteiger partial charge in [-0.2, -0.15) is 0 Å². The molecule has 0 aliphatic heterocycles. The zero-order chi connectivity index (χ0) is 8.10. The van der Waals surface area contributed by atoms with Crippen LogP contribution in [0.1, 0.15) is 38.5 Å². The lowest BCUT2D eigenvalue weighted by Gasteiger charge is -2.16. The summed E-state index contributed by atoms with van der Waals surface area (Å²) in [6.45, 7) is 3.76. The van der Waals surface area contributed by atoms with Gasteiger partial charge in [0.2, 0.25) is 0 Å². The smallest absolute Gasteiger partial charge is 0.0367 e. The first kappa shape index (κ1) is 9.12. The summed E-state index contributed by atoms with van der Waals surface area (Å²) < 4.78 is 0. The first-order valence-corrected chi connectivity index (χ1v) is 5.03. The first-order chi connectivity index (χ1) is 5.34. The Bertz CT molecular complexity index is 120. The Morgan fingerprint density at radius 3 is 2.73 bits per heavy atom. The van der Waals surface area contributed by atoms with Crippen molar-refractivity contribution in [3.63, 3.8) is 0 Å².